The van der Waals surface area contributed by atoms with Crippen LogP contribution in [0.15, 0.2) is 53.1 Å². The number of rotatable bonds is 2. The molecule has 2 rings (SSSR count). The van der Waals surface area contributed by atoms with Gasteiger partial charge in [0.25, 0.3) is 5.95 Å². The highest BCUT2D eigenvalue weighted by atomic mass is 16.8. The number of hydrogen-bond acceptors (Lipinski definition) is 4. The maximum absolute atomic E-state index is 11.2. The van der Waals surface area contributed by atoms with E-state index in [9.17, 15) is 4.79 Å². The first-order valence-electron chi connectivity index (χ1n) is 4.33. The van der Waals surface area contributed by atoms with E-state index in [-0.39, 0.29) is 5.95 Å². The van der Waals surface area contributed by atoms with Crippen molar-refractivity contribution in [2.45, 2.75) is 0 Å². The lowest BCUT2D eigenvalue weighted by atomic mass is 10.3. The van der Waals surface area contributed by atoms with Gasteiger partial charge in [0.2, 0.25) is 0 Å². The van der Waals surface area contributed by atoms with E-state index in [2.05, 4.69) is 0 Å². The predicted octanol–water partition coefficient (Wildman–Crippen LogP) is 2.86. The molecule has 4 nitrogen and oxygen atoms in total. The largest absolute Gasteiger partial charge is 0.521 e. The molecule has 0 aliphatic carbocycles. The Labute approximate surface area is 86.0 Å². The van der Waals surface area contributed by atoms with Crippen LogP contribution in [0.4, 0.5) is 4.79 Å². The molecule has 0 spiro atoms. The van der Waals surface area contributed by atoms with Gasteiger partial charge in [0.1, 0.15) is 5.75 Å². The lowest BCUT2D eigenvalue weighted by molar-refractivity contribution is 0.140. The second-order valence-electron chi connectivity index (χ2n) is 2.70. The molecular weight excluding hydrogens is 196 g/mol. The lowest BCUT2D eigenvalue weighted by Crippen LogP contribution is -2.13. The van der Waals surface area contributed by atoms with Crippen LogP contribution in [0.25, 0.3) is 0 Å². The zero-order valence-corrected chi connectivity index (χ0v) is 7.75. The van der Waals surface area contributed by atoms with E-state index in [0.717, 1.165) is 0 Å². The molecule has 0 radical (unpaired) electrons. The first kappa shape index (κ1) is 9.33. The summed E-state index contributed by atoms with van der Waals surface area (Å²) in [5.41, 5.74) is 0. The Morgan fingerprint density at radius 2 is 1.80 bits per heavy atom. The van der Waals surface area contributed by atoms with Crippen LogP contribution in [0, 0.1) is 0 Å². The Morgan fingerprint density at radius 1 is 1.00 bits per heavy atom. The summed E-state index contributed by atoms with van der Waals surface area (Å²) in [7, 11) is 0. The molecule has 0 saturated carbocycles. The Bertz CT molecular complexity index is 419. The van der Waals surface area contributed by atoms with Crippen LogP contribution in [-0.2, 0) is 0 Å². The van der Waals surface area contributed by atoms with Gasteiger partial charge in [-0.05, 0) is 18.2 Å². The van der Waals surface area contributed by atoms with E-state index < -0.39 is 6.16 Å². The van der Waals surface area contributed by atoms with Crippen molar-refractivity contribution in [3.63, 3.8) is 0 Å². The Balaban J connectivity index is 1.94. The molecule has 0 fully saturated rings. The number of benzene rings is 1. The molecule has 2 aromatic rings. The Morgan fingerprint density at radius 3 is 2.47 bits per heavy atom. The van der Waals surface area contributed by atoms with E-state index in [1.807, 2.05) is 6.07 Å². The molecular formula is C11H8O4. The van der Waals surface area contributed by atoms with Crippen molar-refractivity contribution in [1.82, 2.24) is 0 Å². The third-order valence-electron chi connectivity index (χ3n) is 1.62. The van der Waals surface area contributed by atoms with Gasteiger partial charge in [0.05, 0.1) is 6.26 Å². The maximum Gasteiger partial charge on any atom is 0.521 e. The van der Waals surface area contributed by atoms with E-state index >= 15 is 0 Å². The van der Waals surface area contributed by atoms with Gasteiger partial charge in [-0.25, -0.2) is 4.79 Å². The molecule has 0 aliphatic rings. The van der Waals surface area contributed by atoms with Gasteiger partial charge >= 0.3 is 6.16 Å². The standard InChI is InChI=1S/C11H8O4/c12-11(15-10-7-4-8-13-10)14-9-5-2-1-3-6-9/h1-8H. The van der Waals surface area contributed by atoms with Crippen LogP contribution in [0.2, 0.25) is 0 Å². The van der Waals surface area contributed by atoms with Crippen LogP contribution in [0.3, 0.4) is 0 Å². The third kappa shape index (κ3) is 2.60. The SMILES string of the molecule is O=C(Oc1ccccc1)Oc1ccco1. The van der Waals surface area contributed by atoms with Crippen molar-refractivity contribution in [3.8, 4) is 11.7 Å². The lowest BCUT2D eigenvalue weighted by Gasteiger charge is -2.01. The molecule has 4 heteroatoms. The number of furan rings is 1. The smallest absolute Gasteiger partial charge is 0.434 e. The van der Waals surface area contributed by atoms with Crippen molar-refractivity contribution >= 4 is 6.16 Å². The molecule has 1 heterocycles. The second-order valence-corrected chi connectivity index (χ2v) is 2.70. The topological polar surface area (TPSA) is 48.7 Å². The summed E-state index contributed by atoms with van der Waals surface area (Å²) in [5.74, 6) is 0.532. The van der Waals surface area contributed by atoms with Gasteiger partial charge in [0, 0.05) is 6.07 Å². The predicted molar refractivity (Wildman–Crippen MR) is 51.8 cm³/mol. The summed E-state index contributed by atoms with van der Waals surface area (Å²) in [6.45, 7) is 0. The normalized spacial score (nSPS) is 9.60. The number of ether oxygens (including phenoxy) is 2. The molecule has 1 aromatic heterocycles. The van der Waals surface area contributed by atoms with Crippen LogP contribution < -0.4 is 9.47 Å². The van der Waals surface area contributed by atoms with E-state index in [1.165, 1.54) is 12.3 Å². The van der Waals surface area contributed by atoms with Crippen LogP contribution in [-0.4, -0.2) is 6.16 Å². The van der Waals surface area contributed by atoms with Gasteiger partial charge in [-0.2, -0.15) is 0 Å². The van der Waals surface area contributed by atoms with E-state index in [1.54, 1.807) is 30.3 Å². The Hall–Kier alpha value is -2.23. The molecule has 0 amide bonds. The molecule has 0 saturated heterocycles. The minimum Gasteiger partial charge on any atom is -0.434 e. The van der Waals surface area contributed by atoms with Gasteiger partial charge in [-0.3, -0.25) is 0 Å². The zero-order chi connectivity index (χ0) is 10.5. The van der Waals surface area contributed by atoms with E-state index in [0.29, 0.717) is 5.75 Å². The monoisotopic (exact) mass is 204 g/mol. The minimum absolute atomic E-state index is 0.107. The molecule has 15 heavy (non-hydrogen) atoms. The summed E-state index contributed by atoms with van der Waals surface area (Å²) < 4.78 is 14.4. The fourth-order valence-electron chi connectivity index (χ4n) is 1.01. The van der Waals surface area contributed by atoms with Crippen molar-refractivity contribution in [1.29, 1.82) is 0 Å². The van der Waals surface area contributed by atoms with Crippen LogP contribution in [0.5, 0.6) is 11.7 Å². The van der Waals surface area contributed by atoms with Gasteiger partial charge in [0.15, 0.2) is 0 Å². The number of carbonyl (C=O) groups excluding carboxylic acids is 1. The average molecular weight is 204 g/mol. The summed E-state index contributed by atoms with van der Waals surface area (Å²) in [6, 6.07) is 11.8. The third-order valence-corrected chi connectivity index (χ3v) is 1.62. The summed E-state index contributed by atoms with van der Waals surface area (Å²) in [4.78, 5) is 11.2. The molecule has 0 atom stereocenters. The van der Waals surface area contributed by atoms with Gasteiger partial charge in [-0.1, -0.05) is 18.2 Å². The van der Waals surface area contributed by atoms with Crippen molar-refractivity contribution in [2.24, 2.45) is 0 Å². The van der Waals surface area contributed by atoms with Crippen molar-refractivity contribution in [3.05, 3.63) is 48.7 Å². The molecule has 0 N–H and O–H groups in total. The number of hydrogen-bond donors (Lipinski definition) is 0. The fraction of sp³-hybridized carbons (Fsp3) is 0. The molecule has 0 unspecified atom stereocenters. The summed E-state index contributed by atoms with van der Waals surface area (Å²) in [6.07, 6.45) is 0.585. The fourth-order valence-corrected chi connectivity index (χ4v) is 1.01. The Kier molecular flexibility index (Phi) is 2.69. The molecule has 0 aliphatic heterocycles. The van der Waals surface area contributed by atoms with E-state index in [4.69, 9.17) is 13.9 Å². The first-order valence-corrected chi connectivity index (χ1v) is 4.33. The van der Waals surface area contributed by atoms with Crippen molar-refractivity contribution in [2.75, 3.05) is 0 Å². The highest BCUT2D eigenvalue weighted by Crippen LogP contribution is 2.13. The highest BCUT2D eigenvalue weighted by Gasteiger charge is 2.08. The number of carbonyl (C=O) groups is 1. The highest BCUT2D eigenvalue weighted by molar-refractivity contribution is 5.66. The first-order chi connectivity index (χ1) is 7.34. The maximum atomic E-state index is 11.2. The second kappa shape index (κ2) is 4.32. The quantitative estimate of drug-likeness (QED) is 0.557. The van der Waals surface area contributed by atoms with Crippen LogP contribution in [0.1, 0.15) is 0 Å². The zero-order valence-electron chi connectivity index (χ0n) is 7.75. The summed E-state index contributed by atoms with van der Waals surface area (Å²) >= 11 is 0. The minimum atomic E-state index is -0.823. The molecule has 76 valence electrons. The molecule has 0 bridgehead atoms. The van der Waals surface area contributed by atoms with Gasteiger partial charge < -0.3 is 13.9 Å². The average Bonchev–Trinajstić information content (AvgIpc) is 2.71. The molecule has 1 aromatic carbocycles. The van der Waals surface area contributed by atoms with Crippen LogP contribution >= 0.6 is 0 Å². The number of para-hydroxylation sites is 1. The summed E-state index contributed by atoms with van der Waals surface area (Å²) in [5, 5.41) is 0. The van der Waals surface area contributed by atoms with Crippen molar-refractivity contribution < 1.29 is 18.7 Å². The van der Waals surface area contributed by atoms with Gasteiger partial charge in [-0.15, -0.1) is 0 Å².